The second-order valence-corrected chi connectivity index (χ2v) is 13.3. The molecule has 0 aliphatic heterocycles. The topological polar surface area (TPSA) is 78.9 Å². The molecule has 0 rings (SSSR count). The van der Waals surface area contributed by atoms with Crippen LogP contribution in [0.2, 0.25) is 0 Å². The molecule has 1 unspecified atom stereocenters. The molecule has 6 nitrogen and oxygen atoms in total. The van der Waals surface area contributed by atoms with Gasteiger partial charge < -0.3 is 14.2 Å². The van der Waals surface area contributed by atoms with Gasteiger partial charge in [0, 0.05) is 19.3 Å². The lowest BCUT2D eigenvalue weighted by Gasteiger charge is -2.18. The van der Waals surface area contributed by atoms with Crippen molar-refractivity contribution in [3.05, 3.63) is 182 Å². The van der Waals surface area contributed by atoms with Crippen LogP contribution in [-0.2, 0) is 28.6 Å². The van der Waals surface area contributed by atoms with E-state index in [0.717, 1.165) is 44.9 Å². The van der Waals surface area contributed by atoms with E-state index in [2.05, 4.69) is 81.5 Å². The Morgan fingerprint density at radius 2 is 0.683 bits per heavy atom. The molecule has 0 fully saturated rings. The first-order valence-corrected chi connectivity index (χ1v) is 21.9. The van der Waals surface area contributed by atoms with Crippen LogP contribution in [0.1, 0.15) is 117 Å². The highest BCUT2D eigenvalue weighted by Gasteiger charge is 2.19. The van der Waals surface area contributed by atoms with Gasteiger partial charge in [0.25, 0.3) is 0 Å². The Kier molecular flexibility index (Phi) is 42.0. The molecule has 60 heavy (non-hydrogen) atoms. The molecule has 6 heteroatoms. The molecular formula is C54H74O6. The lowest BCUT2D eigenvalue weighted by Crippen LogP contribution is -2.30. The van der Waals surface area contributed by atoms with Crippen LogP contribution in [0.3, 0.4) is 0 Å². The van der Waals surface area contributed by atoms with Crippen molar-refractivity contribution in [1.29, 1.82) is 0 Å². The summed E-state index contributed by atoms with van der Waals surface area (Å²) in [7, 11) is 0. The Morgan fingerprint density at radius 3 is 1.10 bits per heavy atom. The molecular weight excluding hydrogens is 745 g/mol. The standard InChI is InChI=1S/C54H74O6/c1-4-7-10-13-16-19-22-25-26-27-30-32-35-38-41-44-47-53(56)59-50-51(60-54(57)48-45-42-39-36-33-29-24-21-18-15-12-9-6-3)49-58-52(55)46-43-40-37-34-31-28-23-20-17-14-11-8-5-2/h7-12,14-21,23-26,28-34,36-39,41,51H,4-6,13,22,27,35,40,42-50H2,1-3H3/b10-7+,11-8+,12-9+,17-14+,18-15+,19-16+,23-20+,24-21+,26-25+,31-28+,32-30+,33-29+,37-34+,39-36+,41-38+. The van der Waals surface area contributed by atoms with Gasteiger partial charge in [0.1, 0.15) is 13.2 Å². The minimum absolute atomic E-state index is 0.178. The maximum absolute atomic E-state index is 12.7. The van der Waals surface area contributed by atoms with Gasteiger partial charge >= 0.3 is 17.9 Å². The molecule has 0 amide bonds. The second kappa shape index (κ2) is 46.2. The fraction of sp³-hybridized carbons (Fsp3) is 0.389. The highest BCUT2D eigenvalue weighted by atomic mass is 16.6. The van der Waals surface area contributed by atoms with Gasteiger partial charge in [-0.15, -0.1) is 0 Å². The summed E-state index contributed by atoms with van der Waals surface area (Å²) in [5, 5.41) is 0. The molecule has 1 atom stereocenters. The summed E-state index contributed by atoms with van der Waals surface area (Å²) in [6.07, 6.45) is 70.4. The number of ether oxygens (including phenoxy) is 3. The summed E-state index contributed by atoms with van der Waals surface area (Å²) in [6.45, 7) is 5.97. The number of hydrogen-bond donors (Lipinski definition) is 0. The summed E-state index contributed by atoms with van der Waals surface area (Å²) in [5.74, 6) is -1.23. The van der Waals surface area contributed by atoms with Gasteiger partial charge in [0.2, 0.25) is 0 Å². The minimum atomic E-state index is -0.883. The first-order valence-electron chi connectivity index (χ1n) is 21.9. The van der Waals surface area contributed by atoms with E-state index >= 15 is 0 Å². The van der Waals surface area contributed by atoms with Crippen LogP contribution in [0, 0.1) is 0 Å². The average Bonchev–Trinajstić information content (AvgIpc) is 3.24. The number of unbranched alkanes of at least 4 members (excludes halogenated alkanes) is 2. The molecule has 326 valence electrons. The van der Waals surface area contributed by atoms with Crippen molar-refractivity contribution in [2.45, 2.75) is 123 Å². The maximum Gasteiger partial charge on any atom is 0.306 e. The number of rotatable bonds is 35. The second-order valence-electron chi connectivity index (χ2n) is 13.3. The van der Waals surface area contributed by atoms with Crippen LogP contribution >= 0.6 is 0 Å². The maximum atomic E-state index is 12.7. The first kappa shape index (κ1) is 54.5. The molecule has 0 aromatic heterocycles. The Hall–Kier alpha value is -5.49. The monoisotopic (exact) mass is 819 g/mol. The Morgan fingerprint density at radius 1 is 0.350 bits per heavy atom. The van der Waals surface area contributed by atoms with E-state index in [1.165, 1.54) is 0 Å². The van der Waals surface area contributed by atoms with E-state index in [0.29, 0.717) is 32.1 Å². The van der Waals surface area contributed by atoms with Crippen LogP contribution in [-0.4, -0.2) is 37.2 Å². The summed E-state index contributed by atoms with van der Waals surface area (Å²) in [4.78, 5) is 37.7. The van der Waals surface area contributed by atoms with Gasteiger partial charge in [0.05, 0.1) is 0 Å². The molecule has 0 spiro atoms. The molecule has 0 radical (unpaired) electrons. The Labute approximate surface area is 364 Å². The van der Waals surface area contributed by atoms with Crippen molar-refractivity contribution in [1.82, 2.24) is 0 Å². The van der Waals surface area contributed by atoms with Crippen molar-refractivity contribution in [3.63, 3.8) is 0 Å². The van der Waals surface area contributed by atoms with E-state index in [1.54, 1.807) is 0 Å². The zero-order valence-electron chi connectivity index (χ0n) is 36.9. The van der Waals surface area contributed by atoms with Crippen molar-refractivity contribution >= 4 is 17.9 Å². The van der Waals surface area contributed by atoms with Gasteiger partial charge in [-0.05, 0) is 77.0 Å². The molecule has 0 aromatic rings. The molecule has 0 saturated heterocycles. The predicted molar refractivity (Wildman–Crippen MR) is 255 cm³/mol. The van der Waals surface area contributed by atoms with Crippen molar-refractivity contribution in [3.8, 4) is 0 Å². The quantitative estimate of drug-likeness (QED) is 0.0208. The van der Waals surface area contributed by atoms with Gasteiger partial charge in [-0.1, -0.05) is 203 Å². The molecule has 0 heterocycles. The van der Waals surface area contributed by atoms with E-state index in [9.17, 15) is 14.4 Å². The third-order valence-electron chi connectivity index (χ3n) is 7.91. The lowest BCUT2D eigenvalue weighted by molar-refractivity contribution is -0.166. The van der Waals surface area contributed by atoms with Crippen LogP contribution in [0.25, 0.3) is 0 Å². The smallest absolute Gasteiger partial charge is 0.306 e. The summed E-state index contributed by atoms with van der Waals surface area (Å²) in [5.41, 5.74) is 0. The van der Waals surface area contributed by atoms with Crippen LogP contribution < -0.4 is 0 Å². The minimum Gasteiger partial charge on any atom is -0.462 e. The van der Waals surface area contributed by atoms with Crippen molar-refractivity contribution in [2.24, 2.45) is 0 Å². The first-order chi connectivity index (χ1) is 29.5. The van der Waals surface area contributed by atoms with E-state index in [1.807, 2.05) is 122 Å². The number of esters is 3. The Bertz CT molecular complexity index is 1550. The fourth-order valence-electron chi connectivity index (χ4n) is 4.72. The highest BCUT2D eigenvalue weighted by molar-refractivity contribution is 5.71. The zero-order chi connectivity index (χ0) is 43.7. The van der Waals surface area contributed by atoms with Gasteiger partial charge in [-0.2, -0.15) is 0 Å². The SMILES string of the molecule is CC/C=C/C=C/C=C/C=C/C=C/CCCC(=O)OCC(COC(=O)CC/C=C/C/C=C/C/C=C/C/C=C/C/C=C/CC)OC(=O)CCC/C=C/C=C/C=C/C=C/C=C/CC. The van der Waals surface area contributed by atoms with Gasteiger partial charge in [-0.3, -0.25) is 14.4 Å². The summed E-state index contributed by atoms with van der Waals surface area (Å²) >= 11 is 0. The number of carbonyl (C=O) groups is 3. The largest absolute Gasteiger partial charge is 0.462 e. The number of carbonyl (C=O) groups excluding carboxylic acids is 3. The predicted octanol–water partition coefficient (Wildman–Crippen LogP) is 14.2. The summed E-state index contributed by atoms with van der Waals surface area (Å²) in [6, 6.07) is 0. The van der Waals surface area contributed by atoms with Gasteiger partial charge in [0.15, 0.2) is 6.10 Å². The normalized spacial score (nSPS) is 13.8. The third kappa shape index (κ3) is 43.6. The van der Waals surface area contributed by atoms with Crippen LogP contribution in [0.15, 0.2) is 182 Å². The molecule has 0 aliphatic carbocycles. The molecule has 0 saturated carbocycles. The Balaban J connectivity index is 4.78. The van der Waals surface area contributed by atoms with Crippen molar-refractivity contribution < 1.29 is 28.6 Å². The van der Waals surface area contributed by atoms with E-state index < -0.39 is 24.0 Å². The highest BCUT2D eigenvalue weighted by Crippen LogP contribution is 2.07. The number of allylic oxidation sites excluding steroid dienone is 30. The van der Waals surface area contributed by atoms with Crippen LogP contribution in [0.5, 0.6) is 0 Å². The molecule has 0 aliphatic rings. The molecule has 0 N–H and O–H groups in total. The average molecular weight is 819 g/mol. The molecule has 0 bridgehead atoms. The summed E-state index contributed by atoms with van der Waals surface area (Å²) < 4.78 is 16.5. The van der Waals surface area contributed by atoms with Crippen LogP contribution in [0.4, 0.5) is 0 Å². The van der Waals surface area contributed by atoms with E-state index in [-0.39, 0.29) is 32.5 Å². The fourth-order valence-corrected chi connectivity index (χ4v) is 4.72. The zero-order valence-corrected chi connectivity index (χ0v) is 36.9. The van der Waals surface area contributed by atoms with E-state index in [4.69, 9.17) is 14.2 Å². The third-order valence-corrected chi connectivity index (χ3v) is 7.91. The van der Waals surface area contributed by atoms with Crippen molar-refractivity contribution in [2.75, 3.05) is 13.2 Å². The van der Waals surface area contributed by atoms with Gasteiger partial charge in [-0.25, -0.2) is 0 Å². The molecule has 0 aromatic carbocycles. The lowest BCUT2D eigenvalue weighted by atomic mass is 10.2. The number of hydrogen-bond acceptors (Lipinski definition) is 6.